The molecule has 0 aliphatic heterocycles. The summed E-state index contributed by atoms with van der Waals surface area (Å²) in [6, 6.07) is 83.0. The second-order valence-corrected chi connectivity index (χ2v) is 15.7. The van der Waals surface area contributed by atoms with E-state index in [0.717, 1.165) is 112 Å². The molecule has 0 bridgehead atoms. The molecule has 0 aliphatic rings. The van der Waals surface area contributed by atoms with Gasteiger partial charge in [0.25, 0.3) is 0 Å². The normalized spacial score (nSPS) is 11.2. The molecule has 0 amide bonds. The van der Waals surface area contributed by atoms with Crippen molar-refractivity contribution < 1.29 is 4.42 Å². The third-order valence-electron chi connectivity index (χ3n) is 11.6. The van der Waals surface area contributed by atoms with Crippen LogP contribution in [0.4, 0.5) is 22.7 Å². The summed E-state index contributed by atoms with van der Waals surface area (Å²) >= 11 is 0. The predicted molar refractivity (Wildman–Crippen MR) is 264 cm³/mol. The van der Waals surface area contributed by atoms with Crippen LogP contribution in [0.5, 0.6) is 0 Å². The maximum Gasteiger partial charge on any atom is 0.135 e. The Morgan fingerprint density at radius 3 is 1.54 bits per heavy atom. The molecule has 11 rings (SSSR count). The molecule has 2 N–H and O–H groups in total. The number of hydrogen-bond acceptors (Lipinski definition) is 4. The second-order valence-electron chi connectivity index (χ2n) is 15.7. The van der Waals surface area contributed by atoms with Crippen molar-refractivity contribution in [2.45, 2.75) is 0 Å². The van der Waals surface area contributed by atoms with Gasteiger partial charge in [-0.05, 0) is 118 Å². The van der Waals surface area contributed by atoms with E-state index in [4.69, 9.17) is 9.40 Å². The Morgan fingerprint density at radius 2 is 0.778 bits per heavy atom. The van der Waals surface area contributed by atoms with E-state index in [-0.39, 0.29) is 0 Å². The average Bonchev–Trinajstić information content (AvgIpc) is 3.73. The van der Waals surface area contributed by atoms with Crippen LogP contribution in [0.3, 0.4) is 0 Å². The van der Waals surface area contributed by atoms with E-state index in [1.165, 1.54) is 0 Å². The number of furan rings is 1. The zero-order chi connectivity index (χ0) is 42.0. The number of aromatic nitrogens is 1. The lowest BCUT2D eigenvalue weighted by molar-refractivity contribution is 0.669. The van der Waals surface area contributed by atoms with Crippen molar-refractivity contribution in [2.75, 3.05) is 10.6 Å². The summed E-state index contributed by atoms with van der Waals surface area (Å²) in [6.45, 7) is 0. The third kappa shape index (κ3) is 7.74. The zero-order valence-corrected chi connectivity index (χ0v) is 34.4. The maximum atomic E-state index is 6.18. The smallest absolute Gasteiger partial charge is 0.135 e. The molecule has 2 aromatic heterocycles. The lowest BCUT2D eigenvalue weighted by Gasteiger charge is -2.18. The molecule has 0 saturated heterocycles. The number of nitrogens with zero attached hydrogens (tertiary/aromatic N) is 1. The molecule has 11 aromatic rings. The summed E-state index contributed by atoms with van der Waals surface area (Å²) in [5.41, 5.74) is 18.8. The zero-order valence-electron chi connectivity index (χ0n) is 34.4. The van der Waals surface area contributed by atoms with Gasteiger partial charge in [0, 0.05) is 55.8 Å². The molecule has 0 fully saturated rings. The maximum absolute atomic E-state index is 6.18. The number of rotatable bonds is 10. The summed E-state index contributed by atoms with van der Waals surface area (Å²) in [5.74, 6) is 0. The topological polar surface area (TPSA) is 50.1 Å². The first-order chi connectivity index (χ1) is 31.2. The van der Waals surface area contributed by atoms with Crippen LogP contribution in [0.2, 0.25) is 0 Å². The van der Waals surface area contributed by atoms with Crippen LogP contribution in [0.25, 0.3) is 89.0 Å². The monoisotopic (exact) mass is 807 g/mol. The van der Waals surface area contributed by atoms with Gasteiger partial charge < -0.3 is 15.1 Å². The van der Waals surface area contributed by atoms with Crippen LogP contribution < -0.4 is 10.6 Å². The van der Waals surface area contributed by atoms with Crippen LogP contribution in [0.1, 0.15) is 0 Å². The number of pyridine rings is 1. The van der Waals surface area contributed by atoms with E-state index >= 15 is 0 Å². The standard InChI is InChI=1S/C59H41N3O/c1-4-15-40(16-5-1)51-37-43(29-32-56(51)60-48-22-8-3-9-23-48)44-30-33-57(61-49-24-13-21-47(36-49)55-27-14-26-54(62-55)41-17-6-2-7-18-41)52(38-44)46-20-12-19-42(35-46)45-31-34-59-53(39-45)50-25-10-11-28-58(50)63-59/h1-39,60-61H. The van der Waals surface area contributed by atoms with Gasteiger partial charge in [-0.15, -0.1) is 0 Å². The quantitative estimate of drug-likeness (QED) is 0.145. The van der Waals surface area contributed by atoms with Gasteiger partial charge in [-0.3, -0.25) is 0 Å². The number of para-hydroxylation sites is 2. The second kappa shape index (κ2) is 16.5. The van der Waals surface area contributed by atoms with E-state index < -0.39 is 0 Å². The van der Waals surface area contributed by atoms with Gasteiger partial charge in [0.2, 0.25) is 0 Å². The van der Waals surface area contributed by atoms with Crippen LogP contribution >= 0.6 is 0 Å². The Labute approximate surface area is 366 Å². The number of nitrogens with one attached hydrogen (secondary N) is 2. The first kappa shape index (κ1) is 37.5. The Morgan fingerprint density at radius 1 is 0.286 bits per heavy atom. The van der Waals surface area contributed by atoms with Crippen molar-refractivity contribution in [1.82, 2.24) is 4.98 Å². The molecule has 63 heavy (non-hydrogen) atoms. The molecule has 0 radical (unpaired) electrons. The molecule has 0 unspecified atom stereocenters. The highest BCUT2D eigenvalue weighted by Gasteiger charge is 2.15. The van der Waals surface area contributed by atoms with Crippen LogP contribution in [0.15, 0.2) is 241 Å². The lowest BCUT2D eigenvalue weighted by atomic mass is 9.92. The fourth-order valence-corrected chi connectivity index (χ4v) is 8.49. The fourth-order valence-electron chi connectivity index (χ4n) is 8.49. The van der Waals surface area contributed by atoms with E-state index in [1.807, 2.05) is 36.4 Å². The molecule has 2 heterocycles. The number of anilines is 4. The highest BCUT2D eigenvalue weighted by atomic mass is 16.3. The molecule has 9 aromatic carbocycles. The van der Waals surface area contributed by atoms with Crippen molar-refractivity contribution in [1.29, 1.82) is 0 Å². The molecular weight excluding hydrogens is 767 g/mol. The number of fused-ring (bicyclic) bond motifs is 3. The van der Waals surface area contributed by atoms with Crippen molar-refractivity contribution in [3.63, 3.8) is 0 Å². The minimum absolute atomic E-state index is 0.888. The van der Waals surface area contributed by atoms with E-state index in [9.17, 15) is 0 Å². The van der Waals surface area contributed by atoms with Crippen molar-refractivity contribution in [2.24, 2.45) is 0 Å². The van der Waals surface area contributed by atoms with Crippen LogP contribution in [-0.4, -0.2) is 4.98 Å². The predicted octanol–water partition coefficient (Wildman–Crippen LogP) is 16.5. The van der Waals surface area contributed by atoms with Crippen molar-refractivity contribution >= 4 is 44.7 Å². The van der Waals surface area contributed by atoms with Gasteiger partial charge in [0.05, 0.1) is 11.4 Å². The van der Waals surface area contributed by atoms with Gasteiger partial charge >= 0.3 is 0 Å². The summed E-state index contributed by atoms with van der Waals surface area (Å²) in [4.78, 5) is 5.06. The first-order valence-electron chi connectivity index (χ1n) is 21.3. The summed E-state index contributed by atoms with van der Waals surface area (Å²) in [6.07, 6.45) is 0. The number of benzene rings is 9. The largest absolute Gasteiger partial charge is 0.456 e. The van der Waals surface area contributed by atoms with Gasteiger partial charge in [0.1, 0.15) is 11.2 Å². The Balaban J connectivity index is 1.01. The summed E-state index contributed by atoms with van der Waals surface area (Å²) < 4.78 is 6.18. The van der Waals surface area contributed by atoms with E-state index in [0.29, 0.717) is 0 Å². The SMILES string of the molecule is c1ccc(Nc2ccc(-c3ccc(Nc4cccc(-c5cccc(-c6ccccc6)n5)c4)c(-c4cccc(-c5ccc6oc7ccccc7c6c5)c4)c3)cc2-c2ccccc2)cc1. The molecule has 0 aliphatic carbocycles. The van der Waals surface area contributed by atoms with Crippen LogP contribution in [-0.2, 0) is 0 Å². The van der Waals surface area contributed by atoms with Gasteiger partial charge in [-0.1, -0.05) is 152 Å². The molecule has 4 heteroatoms. The highest BCUT2D eigenvalue weighted by molar-refractivity contribution is 6.06. The number of hydrogen-bond donors (Lipinski definition) is 2. The van der Waals surface area contributed by atoms with E-state index in [1.54, 1.807) is 0 Å². The molecular formula is C59H41N3O. The Kier molecular flexibility index (Phi) is 9.85. The summed E-state index contributed by atoms with van der Waals surface area (Å²) in [7, 11) is 0. The first-order valence-corrected chi connectivity index (χ1v) is 21.3. The highest BCUT2D eigenvalue weighted by Crippen LogP contribution is 2.41. The van der Waals surface area contributed by atoms with E-state index in [2.05, 4.69) is 211 Å². The lowest BCUT2D eigenvalue weighted by Crippen LogP contribution is -1.96. The third-order valence-corrected chi connectivity index (χ3v) is 11.6. The molecule has 0 spiro atoms. The minimum Gasteiger partial charge on any atom is -0.456 e. The average molecular weight is 808 g/mol. The molecule has 298 valence electrons. The molecule has 0 atom stereocenters. The van der Waals surface area contributed by atoms with Crippen molar-refractivity contribution in [3.05, 3.63) is 237 Å². The minimum atomic E-state index is 0.888. The van der Waals surface area contributed by atoms with Crippen molar-refractivity contribution in [3.8, 4) is 67.0 Å². The van der Waals surface area contributed by atoms with Gasteiger partial charge in [0.15, 0.2) is 0 Å². The summed E-state index contributed by atoms with van der Waals surface area (Å²) in [5, 5.41) is 9.73. The fraction of sp³-hybridized carbons (Fsp3) is 0. The molecule has 0 saturated carbocycles. The Hall–Kier alpha value is -8.47. The van der Waals surface area contributed by atoms with Gasteiger partial charge in [-0.2, -0.15) is 0 Å². The molecule has 4 nitrogen and oxygen atoms in total. The van der Waals surface area contributed by atoms with Crippen LogP contribution in [0, 0.1) is 0 Å². The van der Waals surface area contributed by atoms with Gasteiger partial charge in [-0.25, -0.2) is 4.98 Å². The Bertz CT molecular complexity index is 3390.